The van der Waals surface area contributed by atoms with E-state index in [1.165, 1.54) is 12.1 Å². The lowest BCUT2D eigenvalue weighted by molar-refractivity contribution is -0.315. The van der Waals surface area contributed by atoms with Crippen molar-refractivity contribution in [1.82, 2.24) is 0 Å². The smallest absolute Gasteiger partial charge is 0.123 e. The maximum absolute atomic E-state index is 12.3. The fourth-order valence-corrected chi connectivity index (χ4v) is 0.781. The van der Waals surface area contributed by atoms with Crippen molar-refractivity contribution < 1.29 is 19.4 Å². The van der Waals surface area contributed by atoms with Crippen molar-refractivity contribution in [2.45, 2.75) is 6.10 Å². The second-order valence-electron chi connectivity index (χ2n) is 2.27. The van der Waals surface area contributed by atoms with Crippen molar-refractivity contribution in [3.63, 3.8) is 0 Å². The second kappa shape index (κ2) is 3.32. The van der Waals surface area contributed by atoms with Crippen LogP contribution in [0.15, 0.2) is 24.3 Å². The minimum Gasteiger partial charge on any atom is -0.547 e. The maximum Gasteiger partial charge on any atom is 0.123 e. The summed E-state index contributed by atoms with van der Waals surface area (Å²) in [5.41, 5.74) is 0.108. The van der Waals surface area contributed by atoms with Crippen LogP contribution < -0.4 is 5.11 Å². The van der Waals surface area contributed by atoms with Crippen molar-refractivity contribution in [3.05, 3.63) is 35.6 Å². The summed E-state index contributed by atoms with van der Waals surface area (Å²) in [4.78, 5) is 10.1. The number of hydrogen-bond acceptors (Lipinski definition) is 3. The third-order valence-corrected chi connectivity index (χ3v) is 1.41. The lowest BCUT2D eigenvalue weighted by Gasteiger charge is -2.10. The van der Waals surface area contributed by atoms with E-state index < -0.39 is 17.9 Å². The normalized spacial score (nSPS) is 12.5. The van der Waals surface area contributed by atoms with Crippen molar-refractivity contribution in [2.24, 2.45) is 0 Å². The van der Waals surface area contributed by atoms with Gasteiger partial charge >= 0.3 is 0 Å². The first-order valence-corrected chi connectivity index (χ1v) is 3.25. The highest BCUT2D eigenvalue weighted by Crippen LogP contribution is 2.11. The highest BCUT2D eigenvalue weighted by Gasteiger charge is 2.07. The van der Waals surface area contributed by atoms with Gasteiger partial charge in [-0.3, -0.25) is 0 Å². The van der Waals surface area contributed by atoms with Crippen LogP contribution in [0.25, 0.3) is 0 Å². The van der Waals surface area contributed by atoms with Gasteiger partial charge in [0.05, 0.1) is 5.97 Å². The summed E-state index contributed by atoms with van der Waals surface area (Å²) in [6, 6.07) is 4.52. The van der Waals surface area contributed by atoms with E-state index in [9.17, 15) is 14.3 Å². The number of aliphatic hydroxyl groups excluding tert-OH is 1. The SMILES string of the molecule is O=C([O-])[C@H](O)c1ccc(F)cc1. The van der Waals surface area contributed by atoms with Crippen LogP contribution in [0.1, 0.15) is 11.7 Å². The molecule has 0 unspecified atom stereocenters. The van der Waals surface area contributed by atoms with E-state index in [1.54, 1.807) is 0 Å². The number of aliphatic carboxylic acids is 1. The summed E-state index contributed by atoms with van der Waals surface area (Å²) < 4.78 is 12.3. The Bertz CT molecular complexity index is 281. The molecule has 3 nitrogen and oxygen atoms in total. The molecular formula is C8H6FO3-. The van der Waals surface area contributed by atoms with Gasteiger partial charge in [0.15, 0.2) is 0 Å². The molecule has 0 heterocycles. The van der Waals surface area contributed by atoms with Gasteiger partial charge in [-0.15, -0.1) is 0 Å². The minimum absolute atomic E-state index is 0.108. The molecule has 0 amide bonds. The van der Waals surface area contributed by atoms with Gasteiger partial charge in [-0.05, 0) is 17.7 Å². The number of carboxylic acid groups (broad SMARTS) is 1. The van der Waals surface area contributed by atoms with Gasteiger partial charge in [-0.25, -0.2) is 4.39 Å². The molecular weight excluding hydrogens is 163 g/mol. The maximum atomic E-state index is 12.3. The Morgan fingerprint density at radius 1 is 1.42 bits per heavy atom. The zero-order chi connectivity index (χ0) is 9.14. The molecule has 0 spiro atoms. The number of hydrogen-bond donors (Lipinski definition) is 1. The fraction of sp³-hybridized carbons (Fsp3) is 0.125. The fourth-order valence-electron chi connectivity index (χ4n) is 0.781. The molecule has 0 aliphatic heterocycles. The Labute approximate surface area is 68.1 Å². The summed E-state index contributed by atoms with van der Waals surface area (Å²) in [6.07, 6.45) is -1.69. The van der Waals surface area contributed by atoms with Gasteiger partial charge in [0.1, 0.15) is 11.9 Å². The van der Waals surface area contributed by atoms with Crippen LogP contribution in [-0.2, 0) is 4.79 Å². The Hall–Kier alpha value is -1.42. The van der Waals surface area contributed by atoms with Crippen molar-refractivity contribution in [1.29, 1.82) is 0 Å². The van der Waals surface area contributed by atoms with Gasteiger partial charge in [-0.2, -0.15) is 0 Å². The van der Waals surface area contributed by atoms with E-state index in [0.29, 0.717) is 0 Å². The molecule has 0 aliphatic rings. The number of carbonyl (C=O) groups excluding carboxylic acids is 1. The van der Waals surface area contributed by atoms with Crippen LogP contribution in [0, 0.1) is 5.82 Å². The Morgan fingerprint density at radius 3 is 2.33 bits per heavy atom. The van der Waals surface area contributed by atoms with Crippen molar-refractivity contribution >= 4 is 5.97 Å². The summed E-state index contributed by atoms with van der Waals surface area (Å²) in [6.45, 7) is 0. The number of rotatable bonds is 2. The molecule has 0 aliphatic carbocycles. The highest BCUT2D eigenvalue weighted by atomic mass is 19.1. The van der Waals surface area contributed by atoms with Gasteiger partial charge in [0.2, 0.25) is 0 Å². The van der Waals surface area contributed by atoms with Crippen molar-refractivity contribution in [3.8, 4) is 0 Å². The number of halogens is 1. The molecule has 0 aromatic heterocycles. The molecule has 12 heavy (non-hydrogen) atoms. The third-order valence-electron chi connectivity index (χ3n) is 1.41. The molecule has 64 valence electrons. The summed E-state index contributed by atoms with van der Waals surface area (Å²) in [5, 5.41) is 19.0. The molecule has 1 aromatic carbocycles. The third kappa shape index (κ3) is 1.79. The first-order valence-electron chi connectivity index (χ1n) is 3.25. The van der Waals surface area contributed by atoms with E-state index >= 15 is 0 Å². The Morgan fingerprint density at radius 2 is 1.92 bits per heavy atom. The Kier molecular flexibility index (Phi) is 2.40. The molecule has 1 aromatic rings. The van der Waals surface area contributed by atoms with Gasteiger partial charge in [0.25, 0.3) is 0 Å². The van der Waals surface area contributed by atoms with E-state index in [2.05, 4.69) is 0 Å². The quantitative estimate of drug-likeness (QED) is 0.655. The summed E-state index contributed by atoms with van der Waals surface area (Å²) in [5.74, 6) is -2.08. The zero-order valence-electron chi connectivity index (χ0n) is 6.03. The first-order chi connectivity index (χ1) is 5.61. The molecule has 1 atom stereocenters. The van der Waals surface area contributed by atoms with E-state index in [-0.39, 0.29) is 5.56 Å². The monoisotopic (exact) mass is 169 g/mol. The molecule has 1 rings (SSSR count). The molecule has 1 N–H and O–H groups in total. The lowest BCUT2D eigenvalue weighted by Crippen LogP contribution is -2.29. The highest BCUT2D eigenvalue weighted by molar-refractivity contribution is 5.71. The predicted octanol–water partition coefficient (Wildman–Crippen LogP) is -0.391. The number of carbonyl (C=O) groups is 1. The molecule has 0 radical (unpaired) electrons. The van der Waals surface area contributed by atoms with Crippen LogP contribution in [0.5, 0.6) is 0 Å². The molecule has 0 fully saturated rings. The lowest BCUT2D eigenvalue weighted by atomic mass is 10.1. The van der Waals surface area contributed by atoms with Crippen LogP contribution >= 0.6 is 0 Å². The molecule has 0 saturated carbocycles. The zero-order valence-corrected chi connectivity index (χ0v) is 6.03. The van der Waals surface area contributed by atoms with Gasteiger partial charge in [-0.1, -0.05) is 12.1 Å². The van der Waals surface area contributed by atoms with Gasteiger partial charge in [0, 0.05) is 0 Å². The predicted molar refractivity (Wildman–Crippen MR) is 36.4 cm³/mol. The Balaban J connectivity index is 2.89. The van der Waals surface area contributed by atoms with E-state index in [1.807, 2.05) is 0 Å². The van der Waals surface area contributed by atoms with Gasteiger partial charge < -0.3 is 15.0 Å². The van der Waals surface area contributed by atoms with Crippen molar-refractivity contribution in [2.75, 3.05) is 0 Å². The molecule has 4 heteroatoms. The molecule has 0 bridgehead atoms. The average Bonchev–Trinajstić information content (AvgIpc) is 2.04. The molecule has 0 saturated heterocycles. The second-order valence-corrected chi connectivity index (χ2v) is 2.27. The van der Waals surface area contributed by atoms with Crippen LogP contribution in [0.4, 0.5) is 4.39 Å². The number of aliphatic hydroxyl groups is 1. The number of carboxylic acids is 1. The van der Waals surface area contributed by atoms with E-state index in [0.717, 1.165) is 12.1 Å². The van der Waals surface area contributed by atoms with E-state index in [4.69, 9.17) is 5.11 Å². The summed E-state index contributed by atoms with van der Waals surface area (Å²) in [7, 11) is 0. The van der Waals surface area contributed by atoms with Crippen LogP contribution in [0.3, 0.4) is 0 Å². The van der Waals surface area contributed by atoms with Crippen LogP contribution in [-0.4, -0.2) is 11.1 Å². The largest absolute Gasteiger partial charge is 0.547 e. The first kappa shape index (κ1) is 8.67. The standard InChI is InChI=1S/C8H7FO3/c9-6-3-1-5(2-4-6)7(10)8(11)12/h1-4,7,10H,(H,11,12)/p-1/t7-/m1/s1. The number of benzene rings is 1. The van der Waals surface area contributed by atoms with Crippen LogP contribution in [0.2, 0.25) is 0 Å². The average molecular weight is 169 g/mol. The topological polar surface area (TPSA) is 60.4 Å². The summed E-state index contributed by atoms with van der Waals surface area (Å²) >= 11 is 0. The minimum atomic E-state index is -1.69.